The fourth-order valence-corrected chi connectivity index (χ4v) is 6.42. The lowest BCUT2D eigenvalue weighted by molar-refractivity contribution is -0.122. The van der Waals surface area contributed by atoms with Crippen LogP contribution in [0.4, 0.5) is 0 Å². The molecule has 1 aromatic heterocycles. The van der Waals surface area contributed by atoms with Gasteiger partial charge in [-0.25, -0.2) is 8.42 Å². The van der Waals surface area contributed by atoms with Gasteiger partial charge in [0.15, 0.2) is 0 Å². The second kappa shape index (κ2) is 8.87. The lowest BCUT2D eigenvalue weighted by Crippen LogP contribution is -2.49. The van der Waals surface area contributed by atoms with Crippen LogP contribution < -0.4 is 10.6 Å². The number of nitrogens with zero attached hydrogens (tertiary/aromatic N) is 1. The zero-order chi connectivity index (χ0) is 21.1. The van der Waals surface area contributed by atoms with Crippen molar-refractivity contribution in [1.29, 1.82) is 0 Å². The normalized spacial score (nSPS) is 19.4. The Labute approximate surface area is 180 Å². The Morgan fingerprint density at radius 2 is 1.90 bits per heavy atom. The van der Waals surface area contributed by atoms with E-state index in [1.807, 2.05) is 11.4 Å². The first-order valence-electron chi connectivity index (χ1n) is 10.2. The van der Waals surface area contributed by atoms with Gasteiger partial charge < -0.3 is 10.6 Å². The number of nitrogens with one attached hydrogen (secondary N) is 2. The van der Waals surface area contributed by atoms with Crippen molar-refractivity contribution >= 4 is 33.2 Å². The van der Waals surface area contributed by atoms with E-state index in [-0.39, 0.29) is 35.8 Å². The van der Waals surface area contributed by atoms with Gasteiger partial charge in [0.1, 0.15) is 0 Å². The van der Waals surface area contributed by atoms with Gasteiger partial charge in [0.2, 0.25) is 15.9 Å². The molecule has 1 aromatic carbocycles. The summed E-state index contributed by atoms with van der Waals surface area (Å²) >= 11 is 1.64. The molecule has 1 saturated heterocycles. The lowest BCUT2D eigenvalue weighted by atomic mass is 9.96. The van der Waals surface area contributed by atoms with Gasteiger partial charge in [-0.15, -0.1) is 11.3 Å². The van der Waals surface area contributed by atoms with Gasteiger partial charge in [0, 0.05) is 23.5 Å². The zero-order valence-corrected chi connectivity index (χ0v) is 18.2. The van der Waals surface area contributed by atoms with Crippen LogP contribution in [0.25, 0.3) is 0 Å². The van der Waals surface area contributed by atoms with Gasteiger partial charge in [0.25, 0.3) is 5.91 Å². The van der Waals surface area contributed by atoms with Crippen LogP contribution in [0.3, 0.4) is 0 Å². The molecule has 0 spiro atoms. The first-order chi connectivity index (χ1) is 14.4. The lowest BCUT2D eigenvalue weighted by Gasteiger charge is -2.26. The van der Waals surface area contributed by atoms with Crippen LogP contribution in [-0.2, 0) is 14.8 Å². The van der Waals surface area contributed by atoms with Crippen LogP contribution in [0.2, 0.25) is 0 Å². The molecule has 0 radical (unpaired) electrons. The Bertz CT molecular complexity index is 997. The maximum absolute atomic E-state index is 12.9. The standard InChI is InChI=1S/C21H25N3O4S2/c25-19-14-24(12-11-22-19)30(27,28)17-9-7-16(8-10-17)21(26)23-20(15-4-1-2-5-15)18-6-3-13-29-18/h3,6-10,13,15,20H,1-2,4-5,11-12,14H2,(H,22,25)(H,23,26)/t20-/m0/s1. The van der Waals surface area contributed by atoms with Crippen LogP contribution in [-0.4, -0.2) is 44.2 Å². The smallest absolute Gasteiger partial charge is 0.251 e. The van der Waals surface area contributed by atoms with E-state index < -0.39 is 10.0 Å². The van der Waals surface area contributed by atoms with Crippen molar-refractivity contribution in [3.63, 3.8) is 0 Å². The van der Waals surface area contributed by atoms with Crippen molar-refractivity contribution < 1.29 is 18.0 Å². The molecule has 2 amide bonds. The highest BCUT2D eigenvalue weighted by Gasteiger charge is 2.30. The molecule has 2 heterocycles. The van der Waals surface area contributed by atoms with Gasteiger partial charge in [-0.05, 0) is 54.5 Å². The fourth-order valence-electron chi connectivity index (χ4n) is 4.15. The molecule has 9 heteroatoms. The van der Waals surface area contributed by atoms with Crippen LogP contribution in [0.5, 0.6) is 0 Å². The first-order valence-corrected chi connectivity index (χ1v) is 12.5. The highest BCUT2D eigenvalue weighted by atomic mass is 32.2. The summed E-state index contributed by atoms with van der Waals surface area (Å²) in [7, 11) is -3.77. The third kappa shape index (κ3) is 4.43. The summed E-state index contributed by atoms with van der Waals surface area (Å²) in [6, 6.07) is 9.97. The second-order valence-electron chi connectivity index (χ2n) is 7.72. The van der Waals surface area contributed by atoms with Gasteiger partial charge >= 0.3 is 0 Å². The van der Waals surface area contributed by atoms with Crippen molar-refractivity contribution in [2.45, 2.75) is 36.6 Å². The molecule has 2 fully saturated rings. The average molecular weight is 448 g/mol. The molecule has 1 aliphatic heterocycles. The van der Waals surface area contributed by atoms with E-state index >= 15 is 0 Å². The minimum Gasteiger partial charge on any atom is -0.354 e. The number of hydrogen-bond acceptors (Lipinski definition) is 5. The SMILES string of the molecule is O=C1CN(S(=O)(=O)c2ccc(C(=O)N[C@H](c3cccs3)C3CCCC3)cc2)CCN1. The number of rotatable bonds is 6. The van der Waals surface area contributed by atoms with Gasteiger partial charge in [-0.1, -0.05) is 18.9 Å². The van der Waals surface area contributed by atoms with Crippen molar-refractivity contribution in [2.24, 2.45) is 5.92 Å². The summed E-state index contributed by atoms with van der Waals surface area (Å²) in [4.78, 5) is 25.7. The molecule has 2 aliphatic rings. The molecule has 2 aromatic rings. The molecule has 0 bridgehead atoms. The Morgan fingerprint density at radius 3 is 2.53 bits per heavy atom. The molecule has 2 N–H and O–H groups in total. The average Bonchev–Trinajstić information content (AvgIpc) is 3.46. The summed E-state index contributed by atoms with van der Waals surface area (Å²) in [6.07, 6.45) is 4.57. The molecule has 7 nitrogen and oxygen atoms in total. The van der Waals surface area contributed by atoms with E-state index in [0.717, 1.165) is 22.0 Å². The minimum absolute atomic E-state index is 0.0183. The minimum atomic E-state index is -3.77. The molecular formula is C21H25N3O4S2. The van der Waals surface area contributed by atoms with E-state index in [2.05, 4.69) is 16.7 Å². The van der Waals surface area contributed by atoms with E-state index in [1.165, 1.54) is 37.1 Å². The van der Waals surface area contributed by atoms with Crippen LogP contribution in [0.15, 0.2) is 46.7 Å². The quantitative estimate of drug-likeness (QED) is 0.711. The summed E-state index contributed by atoms with van der Waals surface area (Å²) in [5, 5.41) is 7.80. The fraction of sp³-hybridized carbons (Fsp3) is 0.429. The largest absolute Gasteiger partial charge is 0.354 e. The highest BCUT2D eigenvalue weighted by Crippen LogP contribution is 2.37. The topological polar surface area (TPSA) is 95.6 Å². The van der Waals surface area contributed by atoms with E-state index in [4.69, 9.17) is 0 Å². The molecule has 30 heavy (non-hydrogen) atoms. The molecule has 1 aliphatic carbocycles. The van der Waals surface area contributed by atoms with E-state index in [0.29, 0.717) is 18.0 Å². The number of hydrogen-bond donors (Lipinski definition) is 2. The summed E-state index contributed by atoms with van der Waals surface area (Å²) in [5.41, 5.74) is 0.421. The number of carbonyl (C=O) groups is 2. The third-order valence-electron chi connectivity index (χ3n) is 5.77. The Hall–Kier alpha value is -2.23. The van der Waals surface area contributed by atoms with Gasteiger partial charge in [-0.3, -0.25) is 9.59 Å². The predicted octanol–water partition coefficient (Wildman–Crippen LogP) is 2.53. The van der Waals surface area contributed by atoms with Crippen LogP contribution >= 0.6 is 11.3 Å². The van der Waals surface area contributed by atoms with Crippen molar-refractivity contribution in [1.82, 2.24) is 14.9 Å². The Kier molecular flexibility index (Phi) is 6.21. The van der Waals surface area contributed by atoms with Crippen LogP contribution in [0, 0.1) is 5.92 Å². The summed E-state index contributed by atoms with van der Waals surface area (Å²) < 4.78 is 26.7. The number of sulfonamides is 1. The molecule has 160 valence electrons. The second-order valence-corrected chi connectivity index (χ2v) is 10.6. The maximum Gasteiger partial charge on any atom is 0.251 e. The number of benzene rings is 1. The number of carbonyl (C=O) groups excluding carboxylic acids is 2. The van der Waals surface area contributed by atoms with Crippen molar-refractivity contribution in [3.05, 3.63) is 52.2 Å². The number of piperazine rings is 1. The van der Waals surface area contributed by atoms with Crippen molar-refractivity contribution in [2.75, 3.05) is 19.6 Å². The summed E-state index contributed by atoms with van der Waals surface area (Å²) in [5.74, 6) is -0.0912. The third-order valence-corrected chi connectivity index (χ3v) is 8.58. The number of amides is 2. The highest BCUT2D eigenvalue weighted by molar-refractivity contribution is 7.89. The zero-order valence-electron chi connectivity index (χ0n) is 16.5. The molecular weight excluding hydrogens is 422 g/mol. The van der Waals surface area contributed by atoms with E-state index in [1.54, 1.807) is 11.3 Å². The molecule has 1 saturated carbocycles. The Morgan fingerprint density at radius 1 is 1.17 bits per heavy atom. The monoisotopic (exact) mass is 447 g/mol. The van der Waals surface area contributed by atoms with Crippen molar-refractivity contribution in [3.8, 4) is 0 Å². The van der Waals surface area contributed by atoms with Gasteiger partial charge in [-0.2, -0.15) is 4.31 Å². The number of thiophene rings is 1. The summed E-state index contributed by atoms with van der Waals surface area (Å²) in [6.45, 7) is 0.346. The molecule has 1 atom stereocenters. The molecule has 0 unspecified atom stereocenters. The Balaban J connectivity index is 1.49. The first kappa shape index (κ1) is 21.0. The predicted molar refractivity (Wildman–Crippen MR) is 115 cm³/mol. The molecule has 4 rings (SSSR count). The maximum atomic E-state index is 12.9. The van der Waals surface area contributed by atoms with Gasteiger partial charge in [0.05, 0.1) is 17.5 Å². The van der Waals surface area contributed by atoms with Crippen LogP contribution in [0.1, 0.15) is 47.0 Å². The van der Waals surface area contributed by atoms with E-state index in [9.17, 15) is 18.0 Å².